The lowest BCUT2D eigenvalue weighted by atomic mass is 10.2. The number of anilines is 1. The standard InChI is InChI=1S/C18H20N2O5S2/c1-13(16-4-2-10-26-16)19-17(21)12-25-18(22)14-5-7-15(8-6-14)20-9-3-11-27(20,23)24/h2,4-8,10,13H,3,9,11-12H2,1H3,(H,19,21)/t13-/m1/s1. The number of amides is 1. The van der Waals surface area contributed by atoms with Gasteiger partial charge in [-0.2, -0.15) is 0 Å². The highest BCUT2D eigenvalue weighted by Crippen LogP contribution is 2.24. The molecule has 1 amide bonds. The molecule has 3 rings (SSSR count). The molecule has 1 N–H and O–H groups in total. The summed E-state index contributed by atoms with van der Waals surface area (Å²) in [5.41, 5.74) is 0.779. The van der Waals surface area contributed by atoms with Crippen LogP contribution < -0.4 is 9.62 Å². The van der Waals surface area contributed by atoms with Gasteiger partial charge in [-0.3, -0.25) is 9.10 Å². The highest BCUT2D eigenvalue weighted by molar-refractivity contribution is 7.93. The van der Waals surface area contributed by atoms with Crippen LogP contribution in [0.3, 0.4) is 0 Å². The number of ether oxygens (including phenoxy) is 1. The largest absolute Gasteiger partial charge is 0.452 e. The Kier molecular flexibility index (Phi) is 5.81. The van der Waals surface area contributed by atoms with Gasteiger partial charge < -0.3 is 10.1 Å². The molecule has 0 bridgehead atoms. The highest BCUT2D eigenvalue weighted by Gasteiger charge is 2.28. The lowest BCUT2D eigenvalue weighted by Gasteiger charge is -2.17. The second-order valence-corrected chi connectivity index (χ2v) is 9.16. The molecule has 0 spiro atoms. The fraction of sp³-hybridized carbons (Fsp3) is 0.333. The van der Waals surface area contributed by atoms with Crippen molar-refractivity contribution < 1.29 is 22.7 Å². The Bertz CT molecular complexity index is 908. The minimum atomic E-state index is -3.26. The smallest absolute Gasteiger partial charge is 0.338 e. The van der Waals surface area contributed by atoms with Gasteiger partial charge in [0.25, 0.3) is 5.91 Å². The molecule has 144 valence electrons. The maximum atomic E-state index is 12.1. The van der Waals surface area contributed by atoms with Gasteiger partial charge in [0.1, 0.15) is 0 Å². The minimum Gasteiger partial charge on any atom is -0.452 e. The number of benzene rings is 1. The number of nitrogens with one attached hydrogen (secondary N) is 1. The van der Waals surface area contributed by atoms with Crippen LogP contribution in [0, 0.1) is 0 Å². The van der Waals surface area contributed by atoms with Crippen molar-refractivity contribution in [1.29, 1.82) is 0 Å². The molecular weight excluding hydrogens is 388 g/mol. The van der Waals surface area contributed by atoms with Gasteiger partial charge in [-0.15, -0.1) is 11.3 Å². The fourth-order valence-corrected chi connectivity index (χ4v) is 5.10. The molecular formula is C18H20N2O5S2. The highest BCUT2D eigenvalue weighted by atomic mass is 32.2. The van der Waals surface area contributed by atoms with E-state index < -0.39 is 16.0 Å². The molecule has 1 aromatic heterocycles. The molecule has 0 saturated carbocycles. The molecule has 2 heterocycles. The van der Waals surface area contributed by atoms with Gasteiger partial charge >= 0.3 is 5.97 Å². The Morgan fingerprint density at radius 2 is 2.00 bits per heavy atom. The maximum Gasteiger partial charge on any atom is 0.338 e. The zero-order chi connectivity index (χ0) is 19.4. The van der Waals surface area contributed by atoms with Crippen LogP contribution in [0.5, 0.6) is 0 Å². The molecule has 1 saturated heterocycles. The third kappa shape index (κ3) is 4.67. The van der Waals surface area contributed by atoms with Crippen molar-refractivity contribution in [3.8, 4) is 0 Å². The van der Waals surface area contributed by atoms with Crippen molar-refractivity contribution in [2.24, 2.45) is 0 Å². The third-order valence-electron chi connectivity index (χ3n) is 4.17. The van der Waals surface area contributed by atoms with Crippen LogP contribution in [0.25, 0.3) is 0 Å². The maximum absolute atomic E-state index is 12.1. The molecule has 1 aliphatic rings. The van der Waals surface area contributed by atoms with Gasteiger partial charge in [0.2, 0.25) is 10.0 Å². The molecule has 0 aliphatic carbocycles. The number of esters is 1. The summed E-state index contributed by atoms with van der Waals surface area (Å²) < 4.78 is 30.2. The van der Waals surface area contributed by atoms with Crippen LogP contribution in [-0.4, -0.2) is 39.2 Å². The van der Waals surface area contributed by atoms with Crippen molar-refractivity contribution in [3.05, 3.63) is 52.2 Å². The Labute approximate surface area is 162 Å². The van der Waals surface area contributed by atoms with Gasteiger partial charge in [-0.25, -0.2) is 13.2 Å². The van der Waals surface area contributed by atoms with E-state index in [0.717, 1.165) is 4.88 Å². The van der Waals surface area contributed by atoms with Crippen molar-refractivity contribution in [1.82, 2.24) is 5.32 Å². The van der Waals surface area contributed by atoms with E-state index in [1.54, 1.807) is 12.1 Å². The average molecular weight is 409 g/mol. The minimum absolute atomic E-state index is 0.135. The number of carbonyl (C=O) groups is 2. The second kappa shape index (κ2) is 8.10. The molecule has 1 fully saturated rings. The van der Waals surface area contributed by atoms with Crippen LogP contribution >= 0.6 is 11.3 Å². The third-order valence-corrected chi connectivity index (χ3v) is 7.10. The number of rotatable bonds is 6. The van der Waals surface area contributed by atoms with Crippen LogP contribution in [0.4, 0.5) is 5.69 Å². The number of hydrogen-bond donors (Lipinski definition) is 1. The summed E-state index contributed by atoms with van der Waals surface area (Å²) in [5.74, 6) is -0.885. The Morgan fingerprint density at radius 1 is 1.26 bits per heavy atom. The normalized spacial score (nSPS) is 16.7. The molecule has 0 unspecified atom stereocenters. The van der Waals surface area contributed by atoms with Crippen molar-refractivity contribution in [3.63, 3.8) is 0 Å². The number of hydrogen-bond acceptors (Lipinski definition) is 6. The van der Waals surface area contributed by atoms with E-state index >= 15 is 0 Å². The molecule has 9 heteroatoms. The zero-order valence-electron chi connectivity index (χ0n) is 14.8. The lowest BCUT2D eigenvalue weighted by Crippen LogP contribution is -2.30. The van der Waals surface area contributed by atoms with E-state index in [-0.39, 0.29) is 29.9 Å². The van der Waals surface area contributed by atoms with Crippen LogP contribution in [0.1, 0.15) is 34.6 Å². The Morgan fingerprint density at radius 3 is 2.59 bits per heavy atom. The van der Waals surface area contributed by atoms with Gasteiger partial charge in [0.05, 0.1) is 23.0 Å². The molecule has 1 aliphatic heterocycles. The summed E-state index contributed by atoms with van der Waals surface area (Å²) in [6.07, 6.45) is 0.588. The van der Waals surface area contributed by atoms with E-state index in [9.17, 15) is 18.0 Å². The van der Waals surface area contributed by atoms with Gasteiger partial charge in [0, 0.05) is 11.4 Å². The first kappa shape index (κ1) is 19.4. The lowest BCUT2D eigenvalue weighted by molar-refractivity contribution is -0.124. The molecule has 27 heavy (non-hydrogen) atoms. The van der Waals surface area contributed by atoms with Crippen LogP contribution in [0.2, 0.25) is 0 Å². The van der Waals surface area contributed by atoms with E-state index in [4.69, 9.17) is 4.74 Å². The van der Waals surface area contributed by atoms with Gasteiger partial charge in [-0.05, 0) is 49.1 Å². The molecule has 7 nitrogen and oxygen atoms in total. The quantitative estimate of drug-likeness (QED) is 0.741. The predicted molar refractivity (Wildman–Crippen MR) is 103 cm³/mol. The Balaban J connectivity index is 1.53. The van der Waals surface area contributed by atoms with Crippen molar-refractivity contribution >= 4 is 38.9 Å². The van der Waals surface area contributed by atoms with Crippen molar-refractivity contribution in [2.45, 2.75) is 19.4 Å². The monoisotopic (exact) mass is 408 g/mol. The first-order valence-corrected chi connectivity index (χ1v) is 11.0. The number of carbonyl (C=O) groups excluding carboxylic acids is 2. The predicted octanol–water partition coefficient (Wildman–Crippen LogP) is 2.32. The van der Waals surface area contributed by atoms with E-state index in [2.05, 4.69) is 5.32 Å². The summed E-state index contributed by atoms with van der Waals surface area (Å²) in [6, 6.07) is 9.80. The zero-order valence-corrected chi connectivity index (χ0v) is 16.4. The van der Waals surface area contributed by atoms with E-state index in [1.807, 2.05) is 24.4 Å². The summed E-state index contributed by atoms with van der Waals surface area (Å²) in [6.45, 7) is 1.92. The van der Waals surface area contributed by atoms with Gasteiger partial charge in [-0.1, -0.05) is 6.07 Å². The second-order valence-electron chi connectivity index (χ2n) is 6.17. The summed E-state index contributed by atoms with van der Waals surface area (Å²) in [4.78, 5) is 25.0. The molecule has 0 radical (unpaired) electrons. The topological polar surface area (TPSA) is 92.8 Å². The first-order chi connectivity index (χ1) is 12.9. The number of thiophene rings is 1. The fourth-order valence-electron chi connectivity index (χ4n) is 2.80. The summed E-state index contributed by atoms with van der Waals surface area (Å²) >= 11 is 1.54. The Hall–Kier alpha value is -2.39. The first-order valence-electron chi connectivity index (χ1n) is 8.47. The van der Waals surface area contributed by atoms with Crippen LogP contribution in [0.15, 0.2) is 41.8 Å². The van der Waals surface area contributed by atoms with Gasteiger partial charge in [0.15, 0.2) is 6.61 Å². The molecule has 2 aromatic rings. The number of nitrogens with zero attached hydrogens (tertiary/aromatic N) is 1. The average Bonchev–Trinajstić information content (AvgIpc) is 3.29. The van der Waals surface area contributed by atoms with Crippen molar-refractivity contribution in [2.75, 3.05) is 23.2 Å². The van der Waals surface area contributed by atoms with E-state index in [0.29, 0.717) is 18.7 Å². The van der Waals surface area contributed by atoms with Crippen LogP contribution in [-0.2, 0) is 19.6 Å². The SMILES string of the molecule is C[C@@H](NC(=O)COC(=O)c1ccc(N2CCCS2(=O)=O)cc1)c1cccs1. The number of sulfonamides is 1. The summed E-state index contributed by atoms with van der Waals surface area (Å²) in [5, 5.41) is 4.69. The summed E-state index contributed by atoms with van der Waals surface area (Å²) in [7, 11) is -3.26. The molecule has 1 atom stereocenters. The molecule has 1 aromatic carbocycles. The van der Waals surface area contributed by atoms with E-state index in [1.165, 1.54) is 27.8 Å².